The number of benzene rings is 1. The van der Waals surface area contributed by atoms with E-state index < -0.39 is 0 Å². The van der Waals surface area contributed by atoms with Crippen molar-refractivity contribution in [2.45, 2.75) is 45.3 Å². The lowest BCUT2D eigenvalue weighted by atomic mass is 9.97. The van der Waals surface area contributed by atoms with Crippen molar-refractivity contribution in [1.29, 1.82) is 0 Å². The zero-order valence-corrected chi connectivity index (χ0v) is 9.49. The van der Waals surface area contributed by atoms with E-state index in [0.29, 0.717) is 18.6 Å². The number of rotatable bonds is 4. The maximum atomic E-state index is 5.75. The number of nitrogens with two attached hydrogens (primary N) is 1. The van der Waals surface area contributed by atoms with Gasteiger partial charge in [0.2, 0.25) is 0 Å². The molecule has 2 heteroatoms. The van der Waals surface area contributed by atoms with E-state index in [1.54, 1.807) is 0 Å². The highest BCUT2D eigenvalue weighted by Crippen LogP contribution is 2.29. The van der Waals surface area contributed by atoms with Crippen molar-refractivity contribution in [2.24, 2.45) is 5.73 Å². The first kappa shape index (κ1) is 10.5. The van der Waals surface area contributed by atoms with Crippen LogP contribution < -0.4 is 10.5 Å². The highest BCUT2D eigenvalue weighted by Gasteiger charge is 2.23. The Bertz CT molecular complexity index is 342. The minimum atomic E-state index is 0.459. The molecule has 1 aliphatic rings. The van der Waals surface area contributed by atoms with Crippen molar-refractivity contribution in [3.63, 3.8) is 0 Å². The molecule has 0 radical (unpaired) electrons. The number of hydrogen-bond donors (Lipinski definition) is 1. The van der Waals surface area contributed by atoms with Crippen molar-refractivity contribution in [2.75, 3.05) is 0 Å². The van der Waals surface area contributed by atoms with Gasteiger partial charge in [-0.1, -0.05) is 19.9 Å². The lowest BCUT2D eigenvalue weighted by Gasteiger charge is -2.13. The van der Waals surface area contributed by atoms with Crippen LogP contribution >= 0.6 is 0 Å². The third-order valence-corrected chi connectivity index (χ3v) is 2.78. The molecule has 0 saturated heterocycles. The first-order valence-electron chi connectivity index (χ1n) is 5.70. The fourth-order valence-electron chi connectivity index (χ4n) is 1.77. The van der Waals surface area contributed by atoms with Crippen LogP contribution in [0.5, 0.6) is 5.75 Å². The van der Waals surface area contributed by atoms with Crippen LogP contribution in [0.4, 0.5) is 0 Å². The third-order valence-electron chi connectivity index (χ3n) is 2.78. The highest BCUT2D eigenvalue weighted by atomic mass is 16.5. The van der Waals surface area contributed by atoms with Gasteiger partial charge < -0.3 is 10.5 Å². The monoisotopic (exact) mass is 205 g/mol. The van der Waals surface area contributed by atoms with Crippen molar-refractivity contribution < 1.29 is 4.74 Å². The smallest absolute Gasteiger partial charge is 0.120 e. The Labute approximate surface area is 91.4 Å². The molecule has 0 unspecified atom stereocenters. The van der Waals surface area contributed by atoms with Gasteiger partial charge in [-0.2, -0.15) is 0 Å². The van der Waals surface area contributed by atoms with Crippen LogP contribution in [0.2, 0.25) is 0 Å². The maximum Gasteiger partial charge on any atom is 0.120 e. The van der Waals surface area contributed by atoms with E-state index in [1.165, 1.54) is 24.0 Å². The molecule has 0 amide bonds. The minimum Gasteiger partial charge on any atom is -0.490 e. The first-order chi connectivity index (χ1) is 7.20. The molecule has 2 nitrogen and oxygen atoms in total. The molecule has 0 aliphatic heterocycles. The zero-order valence-electron chi connectivity index (χ0n) is 9.49. The molecule has 1 saturated carbocycles. The molecule has 0 atom stereocenters. The Morgan fingerprint density at radius 2 is 2.13 bits per heavy atom. The van der Waals surface area contributed by atoms with Crippen LogP contribution in [-0.4, -0.2) is 6.10 Å². The first-order valence-corrected chi connectivity index (χ1v) is 5.70. The second kappa shape index (κ2) is 4.23. The molecule has 1 aliphatic carbocycles. The largest absolute Gasteiger partial charge is 0.490 e. The van der Waals surface area contributed by atoms with Crippen LogP contribution in [0.1, 0.15) is 43.7 Å². The second-order valence-electron chi connectivity index (χ2n) is 4.54. The zero-order chi connectivity index (χ0) is 10.8. The normalized spacial score (nSPS) is 15.7. The summed E-state index contributed by atoms with van der Waals surface area (Å²) in [6.07, 6.45) is 2.86. The van der Waals surface area contributed by atoms with E-state index in [9.17, 15) is 0 Å². The average molecular weight is 205 g/mol. The summed E-state index contributed by atoms with van der Waals surface area (Å²) >= 11 is 0. The van der Waals surface area contributed by atoms with Crippen LogP contribution in [0.3, 0.4) is 0 Å². The molecule has 0 heterocycles. The van der Waals surface area contributed by atoms with E-state index in [0.717, 1.165) is 5.75 Å². The Hall–Kier alpha value is -1.02. The van der Waals surface area contributed by atoms with Gasteiger partial charge in [0, 0.05) is 6.54 Å². The molecule has 82 valence electrons. The fourth-order valence-corrected chi connectivity index (χ4v) is 1.77. The molecule has 1 aromatic rings. The van der Waals surface area contributed by atoms with Gasteiger partial charge >= 0.3 is 0 Å². The summed E-state index contributed by atoms with van der Waals surface area (Å²) < 4.78 is 5.75. The predicted octanol–water partition coefficient (Wildman–Crippen LogP) is 2.81. The van der Waals surface area contributed by atoms with E-state index in [2.05, 4.69) is 32.0 Å². The average Bonchev–Trinajstić information content (AvgIpc) is 3.01. The molecule has 1 aromatic carbocycles. The number of ether oxygens (including phenoxy) is 1. The molecular weight excluding hydrogens is 186 g/mol. The minimum absolute atomic E-state index is 0.459. The summed E-state index contributed by atoms with van der Waals surface area (Å²) in [6, 6.07) is 6.30. The molecule has 0 aromatic heterocycles. The highest BCUT2D eigenvalue weighted by molar-refractivity contribution is 5.37. The SMILES string of the molecule is CC(C)c1ccc(OC2CC2)cc1CN. The van der Waals surface area contributed by atoms with Crippen molar-refractivity contribution in [3.8, 4) is 5.75 Å². The number of hydrogen-bond acceptors (Lipinski definition) is 2. The van der Waals surface area contributed by atoms with Gasteiger partial charge in [0.25, 0.3) is 0 Å². The Balaban J connectivity index is 2.20. The van der Waals surface area contributed by atoms with Gasteiger partial charge in [0.05, 0.1) is 6.10 Å². The summed E-state index contributed by atoms with van der Waals surface area (Å²) in [5, 5.41) is 0. The predicted molar refractivity (Wildman–Crippen MR) is 62.1 cm³/mol. The van der Waals surface area contributed by atoms with Crippen molar-refractivity contribution in [1.82, 2.24) is 0 Å². The van der Waals surface area contributed by atoms with Gasteiger partial charge in [0.15, 0.2) is 0 Å². The summed E-state index contributed by atoms with van der Waals surface area (Å²) in [6.45, 7) is 4.97. The fraction of sp³-hybridized carbons (Fsp3) is 0.538. The van der Waals surface area contributed by atoms with E-state index in [1.807, 2.05) is 0 Å². The molecular formula is C13H19NO. The van der Waals surface area contributed by atoms with Crippen molar-refractivity contribution in [3.05, 3.63) is 29.3 Å². The topological polar surface area (TPSA) is 35.2 Å². The van der Waals surface area contributed by atoms with Crippen LogP contribution in [0.15, 0.2) is 18.2 Å². The standard InChI is InChI=1S/C13H19NO/c1-9(2)13-6-5-12(7-10(13)8-14)15-11-3-4-11/h5-7,9,11H,3-4,8,14H2,1-2H3. The van der Waals surface area contributed by atoms with Gasteiger partial charge in [-0.25, -0.2) is 0 Å². The van der Waals surface area contributed by atoms with Crippen molar-refractivity contribution >= 4 is 0 Å². The molecule has 2 rings (SSSR count). The van der Waals surface area contributed by atoms with Crippen LogP contribution in [-0.2, 0) is 6.54 Å². The second-order valence-corrected chi connectivity index (χ2v) is 4.54. The molecule has 1 fully saturated rings. The molecule has 0 bridgehead atoms. The lowest BCUT2D eigenvalue weighted by molar-refractivity contribution is 0.303. The van der Waals surface area contributed by atoms with Crippen LogP contribution in [0.25, 0.3) is 0 Å². The van der Waals surface area contributed by atoms with E-state index >= 15 is 0 Å². The summed E-state index contributed by atoms with van der Waals surface area (Å²) in [4.78, 5) is 0. The van der Waals surface area contributed by atoms with Gasteiger partial charge in [0.1, 0.15) is 5.75 Å². The maximum absolute atomic E-state index is 5.75. The van der Waals surface area contributed by atoms with E-state index in [-0.39, 0.29) is 0 Å². The van der Waals surface area contributed by atoms with Crippen LogP contribution in [0, 0.1) is 0 Å². The third kappa shape index (κ3) is 2.51. The lowest BCUT2D eigenvalue weighted by Crippen LogP contribution is -2.04. The molecule has 15 heavy (non-hydrogen) atoms. The Morgan fingerprint density at radius 1 is 1.40 bits per heavy atom. The summed E-state index contributed by atoms with van der Waals surface area (Å²) in [5.41, 5.74) is 8.29. The molecule has 2 N–H and O–H groups in total. The van der Waals surface area contributed by atoms with Gasteiger partial charge in [-0.3, -0.25) is 0 Å². The molecule has 0 spiro atoms. The summed E-state index contributed by atoms with van der Waals surface area (Å²) in [5.74, 6) is 1.50. The quantitative estimate of drug-likeness (QED) is 0.820. The Kier molecular flexibility index (Phi) is 2.96. The van der Waals surface area contributed by atoms with Gasteiger partial charge in [-0.05, 0) is 42.0 Å². The van der Waals surface area contributed by atoms with E-state index in [4.69, 9.17) is 10.5 Å². The van der Waals surface area contributed by atoms with Gasteiger partial charge in [-0.15, -0.1) is 0 Å². The summed E-state index contributed by atoms with van der Waals surface area (Å²) in [7, 11) is 0. The Morgan fingerprint density at radius 3 is 2.67 bits per heavy atom.